The van der Waals surface area contributed by atoms with Gasteiger partial charge in [0.1, 0.15) is 0 Å². The molecule has 12 heavy (non-hydrogen) atoms. The van der Waals surface area contributed by atoms with Crippen LogP contribution in [0.15, 0.2) is 0 Å². The van der Waals surface area contributed by atoms with Gasteiger partial charge in [0.15, 0.2) is 0 Å². The fourth-order valence-electron chi connectivity index (χ4n) is 0.941. The van der Waals surface area contributed by atoms with E-state index < -0.39 is 0 Å². The molecule has 0 fully saturated rings. The summed E-state index contributed by atoms with van der Waals surface area (Å²) in [5.41, 5.74) is 0.933. The van der Waals surface area contributed by atoms with Gasteiger partial charge in [-0.15, -0.1) is 11.3 Å². The summed E-state index contributed by atoms with van der Waals surface area (Å²) in [6, 6.07) is 0. The summed E-state index contributed by atoms with van der Waals surface area (Å²) >= 11 is 1.55. The Morgan fingerprint density at radius 2 is 2.25 bits per heavy atom. The van der Waals surface area contributed by atoms with E-state index in [1.54, 1.807) is 11.3 Å². The first-order valence-electron chi connectivity index (χ1n) is 3.63. The van der Waals surface area contributed by atoms with E-state index in [0.29, 0.717) is 6.42 Å². The van der Waals surface area contributed by atoms with Gasteiger partial charge in [0.25, 0.3) is 0 Å². The van der Waals surface area contributed by atoms with E-state index >= 15 is 0 Å². The summed E-state index contributed by atoms with van der Waals surface area (Å²) in [4.78, 5) is 16.1. The lowest BCUT2D eigenvalue weighted by Crippen LogP contribution is -2.03. The molecule has 0 unspecified atom stereocenters. The van der Waals surface area contributed by atoms with E-state index in [4.69, 9.17) is 0 Å². The zero-order valence-electron chi connectivity index (χ0n) is 7.38. The van der Waals surface area contributed by atoms with Crippen molar-refractivity contribution in [2.45, 2.75) is 20.3 Å². The standard InChI is InChI=1S/C8H11NO2S/c1-5-7(4-8(10)11-3)12-6(2)9-5/h4H2,1-3H3. The molecule has 0 saturated heterocycles. The molecule has 0 aliphatic rings. The molecule has 0 aliphatic carbocycles. The van der Waals surface area contributed by atoms with Crippen LogP contribution in [0.5, 0.6) is 0 Å². The Kier molecular flexibility index (Phi) is 2.81. The van der Waals surface area contributed by atoms with Gasteiger partial charge < -0.3 is 4.74 Å². The maximum Gasteiger partial charge on any atom is 0.310 e. The van der Waals surface area contributed by atoms with Crippen LogP contribution in [0.3, 0.4) is 0 Å². The lowest BCUT2D eigenvalue weighted by molar-refractivity contribution is -0.139. The Bertz CT molecular complexity index is 293. The van der Waals surface area contributed by atoms with Gasteiger partial charge in [0.2, 0.25) is 0 Å². The number of carbonyl (C=O) groups is 1. The largest absolute Gasteiger partial charge is 0.469 e. The number of hydrogen-bond acceptors (Lipinski definition) is 4. The van der Waals surface area contributed by atoms with Crippen LogP contribution in [0, 0.1) is 13.8 Å². The zero-order valence-corrected chi connectivity index (χ0v) is 8.20. The van der Waals surface area contributed by atoms with Crippen molar-refractivity contribution in [3.05, 3.63) is 15.6 Å². The van der Waals surface area contributed by atoms with Crippen LogP contribution in [0.2, 0.25) is 0 Å². The summed E-state index contributed by atoms with van der Waals surface area (Å²) < 4.78 is 4.56. The average molecular weight is 185 g/mol. The van der Waals surface area contributed by atoms with Crippen LogP contribution in [0.1, 0.15) is 15.6 Å². The number of ether oxygens (including phenoxy) is 1. The first kappa shape index (κ1) is 9.19. The van der Waals surface area contributed by atoms with Crippen molar-refractivity contribution >= 4 is 17.3 Å². The van der Waals surface area contributed by atoms with Crippen molar-refractivity contribution in [2.24, 2.45) is 0 Å². The molecule has 0 aliphatic heterocycles. The third kappa shape index (κ3) is 2.04. The number of hydrogen-bond donors (Lipinski definition) is 0. The molecule has 66 valence electrons. The van der Waals surface area contributed by atoms with Gasteiger partial charge in [0.05, 0.1) is 24.2 Å². The number of aromatic nitrogens is 1. The van der Waals surface area contributed by atoms with E-state index in [-0.39, 0.29) is 5.97 Å². The molecule has 0 spiro atoms. The van der Waals surface area contributed by atoms with Gasteiger partial charge >= 0.3 is 5.97 Å². The molecular weight excluding hydrogens is 174 g/mol. The molecule has 0 saturated carbocycles. The fraction of sp³-hybridized carbons (Fsp3) is 0.500. The molecule has 0 aromatic carbocycles. The van der Waals surface area contributed by atoms with Crippen LogP contribution in [-0.2, 0) is 16.0 Å². The Hall–Kier alpha value is -0.900. The molecule has 0 amide bonds. The summed E-state index contributed by atoms with van der Waals surface area (Å²) in [6.45, 7) is 3.83. The SMILES string of the molecule is COC(=O)Cc1sc(C)nc1C. The molecule has 0 bridgehead atoms. The monoisotopic (exact) mass is 185 g/mol. The molecule has 0 radical (unpaired) electrons. The minimum Gasteiger partial charge on any atom is -0.469 e. The Morgan fingerprint density at radius 3 is 2.67 bits per heavy atom. The van der Waals surface area contributed by atoms with Crippen molar-refractivity contribution in [3.63, 3.8) is 0 Å². The summed E-state index contributed by atoms with van der Waals surface area (Å²) in [7, 11) is 1.39. The van der Waals surface area contributed by atoms with E-state index in [2.05, 4.69) is 9.72 Å². The molecule has 0 atom stereocenters. The molecule has 0 N–H and O–H groups in total. The molecule has 1 aromatic rings. The minimum atomic E-state index is -0.207. The fourth-order valence-corrected chi connectivity index (χ4v) is 1.86. The normalized spacial score (nSPS) is 9.92. The van der Waals surface area contributed by atoms with Gasteiger partial charge in [-0.3, -0.25) is 4.79 Å². The maximum absolute atomic E-state index is 10.9. The highest BCUT2D eigenvalue weighted by molar-refractivity contribution is 7.11. The third-order valence-corrected chi connectivity index (χ3v) is 2.61. The second-order valence-corrected chi connectivity index (χ2v) is 3.78. The van der Waals surface area contributed by atoms with Gasteiger partial charge in [-0.1, -0.05) is 0 Å². The lowest BCUT2D eigenvalue weighted by atomic mass is 10.3. The number of thiazole rings is 1. The smallest absolute Gasteiger partial charge is 0.310 e. The summed E-state index contributed by atoms with van der Waals surface area (Å²) in [5.74, 6) is -0.207. The number of carbonyl (C=O) groups excluding carboxylic acids is 1. The second-order valence-electron chi connectivity index (χ2n) is 2.49. The maximum atomic E-state index is 10.9. The lowest BCUT2D eigenvalue weighted by Gasteiger charge is -1.95. The molecule has 1 aromatic heterocycles. The van der Waals surface area contributed by atoms with Gasteiger partial charge in [-0.2, -0.15) is 0 Å². The van der Waals surface area contributed by atoms with Gasteiger partial charge in [-0.25, -0.2) is 4.98 Å². The Labute approximate surface area is 75.4 Å². The minimum absolute atomic E-state index is 0.207. The predicted octanol–water partition coefficient (Wildman–Crippen LogP) is 1.48. The molecule has 1 heterocycles. The van der Waals surface area contributed by atoms with Crippen molar-refractivity contribution < 1.29 is 9.53 Å². The van der Waals surface area contributed by atoms with Crippen LogP contribution in [0.4, 0.5) is 0 Å². The summed E-state index contributed by atoms with van der Waals surface area (Å²) in [5, 5.41) is 0.992. The van der Waals surface area contributed by atoms with E-state index in [1.165, 1.54) is 7.11 Å². The average Bonchev–Trinajstić information content (AvgIpc) is 2.30. The van der Waals surface area contributed by atoms with Crippen molar-refractivity contribution in [2.75, 3.05) is 7.11 Å². The predicted molar refractivity (Wildman–Crippen MR) is 47.3 cm³/mol. The highest BCUT2D eigenvalue weighted by Crippen LogP contribution is 2.17. The molecular formula is C8H11NO2S. The number of aryl methyl sites for hydroxylation is 2. The molecule has 1 rings (SSSR count). The van der Waals surface area contributed by atoms with Crippen LogP contribution >= 0.6 is 11.3 Å². The van der Waals surface area contributed by atoms with Gasteiger partial charge in [-0.05, 0) is 13.8 Å². The van der Waals surface area contributed by atoms with Crippen molar-refractivity contribution in [1.82, 2.24) is 4.98 Å². The quantitative estimate of drug-likeness (QED) is 0.655. The molecule has 4 heteroatoms. The number of methoxy groups -OCH3 is 1. The van der Waals surface area contributed by atoms with Crippen molar-refractivity contribution in [3.8, 4) is 0 Å². The van der Waals surface area contributed by atoms with Crippen LogP contribution in [0.25, 0.3) is 0 Å². The van der Waals surface area contributed by atoms with E-state index in [9.17, 15) is 4.79 Å². The first-order chi connectivity index (χ1) is 5.63. The highest BCUT2D eigenvalue weighted by Gasteiger charge is 2.09. The molecule has 3 nitrogen and oxygen atoms in total. The van der Waals surface area contributed by atoms with E-state index in [0.717, 1.165) is 15.6 Å². The van der Waals surface area contributed by atoms with Crippen LogP contribution in [-0.4, -0.2) is 18.1 Å². The number of rotatable bonds is 2. The Balaban J connectivity index is 2.75. The van der Waals surface area contributed by atoms with Crippen molar-refractivity contribution in [1.29, 1.82) is 0 Å². The third-order valence-electron chi connectivity index (χ3n) is 1.53. The zero-order chi connectivity index (χ0) is 9.14. The first-order valence-corrected chi connectivity index (χ1v) is 4.45. The number of esters is 1. The van der Waals surface area contributed by atoms with Crippen LogP contribution < -0.4 is 0 Å². The highest BCUT2D eigenvalue weighted by atomic mass is 32.1. The van der Waals surface area contributed by atoms with E-state index in [1.807, 2.05) is 13.8 Å². The number of nitrogens with zero attached hydrogens (tertiary/aromatic N) is 1. The second kappa shape index (κ2) is 3.67. The Morgan fingerprint density at radius 1 is 1.58 bits per heavy atom. The van der Waals surface area contributed by atoms with Gasteiger partial charge in [0, 0.05) is 4.88 Å². The topological polar surface area (TPSA) is 39.2 Å². The summed E-state index contributed by atoms with van der Waals surface area (Å²) in [6.07, 6.45) is 0.341.